The number of rotatable bonds is 5. The number of aromatic amines is 1. The standard InChI is InChI=1S/C25H27Cl2N3O3/c26-16-5-6-18(22(27)13-16)20(21-14-28-23-4-2-1-3-19(21)23)15-29-24(31)30-17-7-9-25(10-8-17)32-11-12-33-25/h1-6,13-14,17,20,28H,7-12,15H2,(H2,29,30,31). The Bertz CT molecular complexity index is 1130. The number of halogens is 2. The van der Waals surface area contributed by atoms with Gasteiger partial charge in [0.25, 0.3) is 0 Å². The molecule has 174 valence electrons. The molecule has 5 rings (SSSR count). The quantitative estimate of drug-likeness (QED) is 0.438. The van der Waals surface area contributed by atoms with E-state index < -0.39 is 5.79 Å². The van der Waals surface area contributed by atoms with Crippen LogP contribution in [0, 0.1) is 0 Å². The molecule has 1 aromatic heterocycles. The van der Waals surface area contributed by atoms with Gasteiger partial charge in [-0.25, -0.2) is 4.79 Å². The third-order valence-corrected chi connectivity index (χ3v) is 7.26. The molecule has 1 aliphatic carbocycles. The van der Waals surface area contributed by atoms with Crippen LogP contribution in [-0.2, 0) is 9.47 Å². The number of aromatic nitrogens is 1. The summed E-state index contributed by atoms with van der Waals surface area (Å²) in [6.45, 7) is 1.71. The molecule has 1 unspecified atom stereocenters. The molecule has 2 fully saturated rings. The van der Waals surface area contributed by atoms with E-state index in [-0.39, 0.29) is 18.0 Å². The van der Waals surface area contributed by atoms with Crippen LogP contribution in [-0.4, -0.2) is 42.6 Å². The van der Waals surface area contributed by atoms with Crippen LogP contribution in [0.15, 0.2) is 48.7 Å². The zero-order chi connectivity index (χ0) is 22.8. The van der Waals surface area contributed by atoms with E-state index in [1.165, 1.54) is 0 Å². The van der Waals surface area contributed by atoms with Crippen LogP contribution < -0.4 is 10.6 Å². The van der Waals surface area contributed by atoms with E-state index in [4.69, 9.17) is 32.7 Å². The molecule has 33 heavy (non-hydrogen) atoms. The summed E-state index contributed by atoms with van der Waals surface area (Å²) >= 11 is 12.7. The number of ether oxygens (including phenoxy) is 2. The monoisotopic (exact) mass is 487 g/mol. The highest BCUT2D eigenvalue weighted by Gasteiger charge is 2.40. The summed E-state index contributed by atoms with van der Waals surface area (Å²) in [5.74, 6) is -0.563. The molecule has 1 atom stereocenters. The highest BCUT2D eigenvalue weighted by Crippen LogP contribution is 2.37. The first-order valence-electron chi connectivity index (χ1n) is 11.4. The molecule has 3 N–H and O–H groups in total. The predicted octanol–water partition coefficient (Wildman–Crippen LogP) is 5.59. The van der Waals surface area contributed by atoms with Crippen LogP contribution >= 0.6 is 23.2 Å². The lowest BCUT2D eigenvalue weighted by Crippen LogP contribution is -2.47. The second kappa shape index (κ2) is 9.55. The number of fused-ring (bicyclic) bond motifs is 1. The number of para-hydroxylation sites is 1. The summed E-state index contributed by atoms with van der Waals surface area (Å²) in [7, 11) is 0. The lowest BCUT2D eigenvalue weighted by molar-refractivity contribution is -0.179. The van der Waals surface area contributed by atoms with Crippen LogP contribution in [0.4, 0.5) is 4.79 Å². The van der Waals surface area contributed by atoms with Gasteiger partial charge in [-0.15, -0.1) is 0 Å². The van der Waals surface area contributed by atoms with E-state index in [0.717, 1.165) is 47.7 Å². The fraction of sp³-hybridized carbons (Fsp3) is 0.400. The smallest absolute Gasteiger partial charge is 0.315 e. The summed E-state index contributed by atoms with van der Waals surface area (Å²) < 4.78 is 11.6. The van der Waals surface area contributed by atoms with Crippen LogP contribution in [0.5, 0.6) is 0 Å². The Labute approximate surface area is 202 Å². The van der Waals surface area contributed by atoms with Gasteiger partial charge < -0.3 is 25.1 Å². The van der Waals surface area contributed by atoms with E-state index in [0.29, 0.717) is 29.8 Å². The Morgan fingerprint density at radius 2 is 1.85 bits per heavy atom. The van der Waals surface area contributed by atoms with Gasteiger partial charge in [-0.3, -0.25) is 0 Å². The number of urea groups is 1. The Morgan fingerprint density at radius 3 is 2.61 bits per heavy atom. The number of hydrogen-bond donors (Lipinski definition) is 3. The number of nitrogens with one attached hydrogen (secondary N) is 3. The van der Waals surface area contributed by atoms with Crippen molar-refractivity contribution >= 4 is 40.1 Å². The first-order chi connectivity index (χ1) is 16.0. The van der Waals surface area contributed by atoms with Crippen molar-refractivity contribution in [3.05, 3.63) is 69.8 Å². The molecule has 1 spiro atoms. The molecule has 2 aromatic carbocycles. The van der Waals surface area contributed by atoms with E-state index in [9.17, 15) is 4.79 Å². The Balaban J connectivity index is 1.29. The average molecular weight is 488 g/mol. The van der Waals surface area contributed by atoms with Gasteiger partial charge >= 0.3 is 6.03 Å². The Kier molecular flexibility index (Phi) is 6.52. The molecular formula is C25H27Cl2N3O3. The topological polar surface area (TPSA) is 75.4 Å². The lowest BCUT2D eigenvalue weighted by Gasteiger charge is -2.35. The molecule has 3 aromatic rings. The number of amides is 2. The predicted molar refractivity (Wildman–Crippen MR) is 130 cm³/mol. The fourth-order valence-electron chi connectivity index (χ4n) is 4.97. The molecular weight excluding hydrogens is 461 g/mol. The first kappa shape index (κ1) is 22.5. The lowest BCUT2D eigenvalue weighted by atomic mass is 9.90. The van der Waals surface area contributed by atoms with Crippen molar-refractivity contribution in [2.24, 2.45) is 0 Å². The van der Waals surface area contributed by atoms with Gasteiger partial charge in [-0.05, 0) is 42.2 Å². The maximum atomic E-state index is 12.8. The minimum atomic E-state index is -0.430. The summed E-state index contributed by atoms with van der Waals surface area (Å²) in [6.07, 6.45) is 5.26. The third kappa shape index (κ3) is 4.85. The molecule has 2 heterocycles. The van der Waals surface area contributed by atoms with Crippen LogP contribution in [0.2, 0.25) is 10.0 Å². The molecule has 6 nitrogen and oxygen atoms in total. The molecule has 0 bridgehead atoms. The van der Waals surface area contributed by atoms with Gasteiger partial charge in [0.15, 0.2) is 5.79 Å². The van der Waals surface area contributed by atoms with Crippen molar-refractivity contribution in [2.45, 2.75) is 43.4 Å². The second-order valence-corrected chi connectivity index (χ2v) is 9.59. The number of benzene rings is 2. The molecule has 8 heteroatoms. The number of carbonyl (C=O) groups is 1. The number of carbonyl (C=O) groups excluding carboxylic acids is 1. The maximum Gasteiger partial charge on any atom is 0.315 e. The second-order valence-electron chi connectivity index (χ2n) is 8.74. The van der Waals surface area contributed by atoms with Crippen molar-refractivity contribution in [3.63, 3.8) is 0 Å². The van der Waals surface area contributed by atoms with Gasteiger partial charge in [0, 0.05) is 58.5 Å². The SMILES string of the molecule is O=C(NCC(c1ccc(Cl)cc1Cl)c1c[nH]c2ccccc12)NC1CCC2(CC1)OCCO2. The first-order valence-corrected chi connectivity index (χ1v) is 12.1. The highest BCUT2D eigenvalue weighted by molar-refractivity contribution is 6.35. The van der Waals surface area contributed by atoms with Gasteiger partial charge in [0.05, 0.1) is 13.2 Å². The van der Waals surface area contributed by atoms with E-state index in [1.54, 1.807) is 6.07 Å². The zero-order valence-electron chi connectivity index (χ0n) is 18.2. The molecule has 0 radical (unpaired) electrons. The Morgan fingerprint density at radius 1 is 1.09 bits per heavy atom. The highest BCUT2D eigenvalue weighted by atomic mass is 35.5. The van der Waals surface area contributed by atoms with Crippen LogP contribution in [0.1, 0.15) is 42.7 Å². The largest absolute Gasteiger partial charge is 0.361 e. The van der Waals surface area contributed by atoms with Crippen molar-refractivity contribution in [1.29, 1.82) is 0 Å². The minimum Gasteiger partial charge on any atom is -0.361 e. The summed E-state index contributed by atoms with van der Waals surface area (Å²) in [5.41, 5.74) is 3.03. The third-order valence-electron chi connectivity index (χ3n) is 6.70. The maximum absolute atomic E-state index is 12.8. The summed E-state index contributed by atoms with van der Waals surface area (Å²) in [6, 6.07) is 13.5. The molecule has 2 aliphatic rings. The van der Waals surface area contributed by atoms with Gasteiger partial charge in [-0.2, -0.15) is 0 Å². The summed E-state index contributed by atoms with van der Waals surface area (Å²) in [5, 5.41) is 8.44. The molecule has 1 saturated heterocycles. The van der Waals surface area contributed by atoms with Gasteiger partial charge in [0.1, 0.15) is 0 Å². The van der Waals surface area contributed by atoms with Crippen molar-refractivity contribution in [2.75, 3.05) is 19.8 Å². The van der Waals surface area contributed by atoms with Gasteiger partial charge in [-0.1, -0.05) is 47.5 Å². The number of H-pyrrole nitrogens is 1. The fourth-order valence-corrected chi connectivity index (χ4v) is 5.51. The molecule has 1 aliphatic heterocycles. The van der Waals surface area contributed by atoms with Crippen LogP contribution in [0.3, 0.4) is 0 Å². The average Bonchev–Trinajstić information content (AvgIpc) is 3.44. The van der Waals surface area contributed by atoms with Crippen molar-refractivity contribution in [3.8, 4) is 0 Å². The normalized spacial score (nSPS) is 19.1. The summed E-state index contributed by atoms with van der Waals surface area (Å²) in [4.78, 5) is 16.1. The zero-order valence-corrected chi connectivity index (χ0v) is 19.7. The minimum absolute atomic E-state index is 0.106. The number of hydrogen-bond acceptors (Lipinski definition) is 3. The van der Waals surface area contributed by atoms with Crippen LogP contribution in [0.25, 0.3) is 10.9 Å². The van der Waals surface area contributed by atoms with E-state index in [1.807, 2.05) is 36.5 Å². The Hall–Kier alpha value is -2.25. The molecule has 1 saturated carbocycles. The molecule has 2 amide bonds. The van der Waals surface area contributed by atoms with Gasteiger partial charge in [0.2, 0.25) is 0 Å². The van der Waals surface area contributed by atoms with Crippen molar-refractivity contribution in [1.82, 2.24) is 15.6 Å². The van der Waals surface area contributed by atoms with Crippen molar-refractivity contribution < 1.29 is 14.3 Å². The van der Waals surface area contributed by atoms with E-state index >= 15 is 0 Å². The van der Waals surface area contributed by atoms with E-state index in [2.05, 4.69) is 21.7 Å².